The van der Waals surface area contributed by atoms with Gasteiger partial charge < -0.3 is 10.1 Å². The Labute approximate surface area is 182 Å². The van der Waals surface area contributed by atoms with E-state index in [1.54, 1.807) is 36.4 Å². The van der Waals surface area contributed by atoms with Gasteiger partial charge in [0, 0.05) is 30.1 Å². The molecule has 1 N–H and O–H groups in total. The lowest BCUT2D eigenvalue weighted by Crippen LogP contribution is -2.41. The summed E-state index contributed by atoms with van der Waals surface area (Å²) >= 11 is 6.22. The van der Waals surface area contributed by atoms with Crippen LogP contribution in [0.15, 0.2) is 60.0 Å². The SMILES string of the molecule is O=C(CN(Cc1ccccc1Cl)S(=O)(=O)C=Cc1ccccc1)NCC1CCCO1. The van der Waals surface area contributed by atoms with E-state index in [1.807, 2.05) is 18.2 Å². The molecule has 1 heterocycles. The van der Waals surface area contributed by atoms with Gasteiger partial charge >= 0.3 is 0 Å². The standard InChI is InChI=1S/C22H25ClN2O4S/c23-21-11-5-4-9-19(21)16-25(17-22(26)24-15-20-10-6-13-29-20)30(27,28)14-12-18-7-2-1-3-8-18/h1-5,7-9,11-12,14,20H,6,10,13,15-17H2,(H,24,26). The fourth-order valence-electron chi connectivity index (χ4n) is 3.12. The molecule has 0 aromatic heterocycles. The molecule has 6 nitrogen and oxygen atoms in total. The minimum atomic E-state index is -3.87. The van der Waals surface area contributed by atoms with E-state index in [-0.39, 0.29) is 25.1 Å². The van der Waals surface area contributed by atoms with Crippen LogP contribution in [0.1, 0.15) is 24.0 Å². The lowest BCUT2D eigenvalue weighted by Gasteiger charge is -2.21. The molecule has 1 aliphatic rings. The molecule has 8 heteroatoms. The van der Waals surface area contributed by atoms with Gasteiger partial charge in [-0.3, -0.25) is 4.79 Å². The van der Waals surface area contributed by atoms with Gasteiger partial charge in [-0.2, -0.15) is 4.31 Å². The molecule has 1 fully saturated rings. The number of nitrogens with one attached hydrogen (secondary N) is 1. The van der Waals surface area contributed by atoms with E-state index in [1.165, 1.54) is 6.08 Å². The van der Waals surface area contributed by atoms with Gasteiger partial charge in [0.2, 0.25) is 15.9 Å². The number of carbonyl (C=O) groups excluding carboxylic acids is 1. The number of carbonyl (C=O) groups is 1. The van der Waals surface area contributed by atoms with Crippen LogP contribution in [0.25, 0.3) is 6.08 Å². The quantitative estimate of drug-likeness (QED) is 0.637. The van der Waals surface area contributed by atoms with Crippen molar-refractivity contribution in [1.29, 1.82) is 0 Å². The Morgan fingerprint density at radius 3 is 2.60 bits per heavy atom. The molecular formula is C22H25ClN2O4S. The van der Waals surface area contributed by atoms with E-state index in [0.29, 0.717) is 23.7 Å². The monoisotopic (exact) mass is 448 g/mol. The van der Waals surface area contributed by atoms with Crippen molar-refractivity contribution >= 4 is 33.6 Å². The van der Waals surface area contributed by atoms with E-state index in [2.05, 4.69) is 5.32 Å². The number of amides is 1. The smallest absolute Gasteiger partial charge is 0.237 e. The lowest BCUT2D eigenvalue weighted by atomic mass is 10.2. The number of benzene rings is 2. The first-order valence-electron chi connectivity index (χ1n) is 9.79. The average Bonchev–Trinajstić information content (AvgIpc) is 3.26. The maximum atomic E-state index is 13.0. The third-order valence-corrected chi connectivity index (χ3v) is 6.59. The molecule has 1 aliphatic heterocycles. The van der Waals surface area contributed by atoms with Gasteiger partial charge in [0.05, 0.1) is 12.6 Å². The van der Waals surface area contributed by atoms with E-state index in [4.69, 9.17) is 16.3 Å². The summed E-state index contributed by atoms with van der Waals surface area (Å²) in [5.41, 5.74) is 1.38. The van der Waals surface area contributed by atoms with Crippen LogP contribution < -0.4 is 5.32 Å². The molecule has 160 valence electrons. The highest BCUT2D eigenvalue weighted by atomic mass is 35.5. The Balaban J connectivity index is 1.74. The molecule has 30 heavy (non-hydrogen) atoms. The molecule has 2 aromatic carbocycles. The maximum Gasteiger partial charge on any atom is 0.237 e. The van der Waals surface area contributed by atoms with Crippen molar-refractivity contribution in [2.45, 2.75) is 25.5 Å². The second-order valence-corrected chi connectivity index (χ2v) is 9.28. The topological polar surface area (TPSA) is 75.7 Å². The van der Waals surface area contributed by atoms with Crippen molar-refractivity contribution in [3.8, 4) is 0 Å². The van der Waals surface area contributed by atoms with Gasteiger partial charge in [-0.15, -0.1) is 0 Å². The number of hydrogen-bond donors (Lipinski definition) is 1. The highest BCUT2D eigenvalue weighted by molar-refractivity contribution is 7.92. The van der Waals surface area contributed by atoms with Crippen LogP contribution in [0.5, 0.6) is 0 Å². The molecule has 0 spiro atoms. The number of ether oxygens (including phenoxy) is 1. The zero-order valence-electron chi connectivity index (χ0n) is 16.5. The number of nitrogens with zero attached hydrogens (tertiary/aromatic N) is 1. The highest BCUT2D eigenvalue weighted by Gasteiger charge is 2.24. The zero-order valence-corrected chi connectivity index (χ0v) is 18.1. The van der Waals surface area contributed by atoms with Crippen LogP contribution >= 0.6 is 11.6 Å². The summed E-state index contributed by atoms with van der Waals surface area (Å²) in [5.74, 6) is -0.380. The molecule has 0 aliphatic carbocycles. The van der Waals surface area contributed by atoms with Crippen LogP contribution in [-0.4, -0.2) is 44.4 Å². The molecule has 0 radical (unpaired) electrons. The molecular weight excluding hydrogens is 424 g/mol. The minimum absolute atomic E-state index is 0.00547. The minimum Gasteiger partial charge on any atom is -0.376 e. The number of rotatable bonds is 9. The molecule has 1 atom stereocenters. The van der Waals surface area contributed by atoms with Crippen LogP contribution in [0, 0.1) is 0 Å². The number of hydrogen-bond acceptors (Lipinski definition) is 4. The highest BCUT2D eigenvalue weighted by Crippen LogP contribution is 2.20. The third-order valence-electron chi connectivity index (χ3n) is 4.77. The Morgan fingerprint density at radius 1 is 1.17 bits per heavy atom. The number of sulfonamides is 1. The normalized spacial score (nSPS) is 16.9. The Morgan fingerprint density at radius 2 is 1.90 bits per heavy atom. The fraction of sp³-hybridized carbons (Fsp3) is 0.318. The second kappa shape index (κ2) is 10.7. The third kappa shape index (κ3) is 6.67. The van der Waals surface area contributed by atoms with E-state index < -0.39 is 10.0 Å². The largest absolute Gasteiger partial charge is 0.376 e. The molecule has 2 aromatic rings. The van der Waals surface area contributed by atoms with Gasteiger partial charge in [0.25, 0.3) is 0 Å². The van der Waals surface area contributed by atoms with Crippen molar-refractivity contribution in [2.24, 2.45) is 0 Å². The Kier molecular flexibility index (Phi) is 8.04. The van der Waals surface area contributed by atoms with Crippen LogP contribution in [0.4, 0.5) is 0 Å². The Bertz CT molecular complexity index is 974. The van der Waals surface area contributed by atoms with Gasteiger partial charge in [-0.1, -0.05) is 60.1 Å². The van der Waals surface area contributed by atoms with Crippen molar-refractivity contribution in [3.05, 3.63) is 76.2 Å². The van der Waals surface area contributed by atoms with Crippen molar-refractivity contribution in [1.82, 2.24) is 9.62 Å². The Hall–Kier alpha value is -2.19. The summed E-state index contributed by atoms with van der Waals surface area (Å²) in [6, 6.07) is 16.1. The van der Waals surface area contributed by atoms with Crippen LogP contribution in [0.2, 0.25) is 5.02 Å². The van der Waals surface area contributed by atoms with Gasteiger partial charge in [0.1, 0.15) is 0 Å². The van der Waals surface area contributed by atoms with E-state index in [9.17, 15) is 13.2 Å². The molecule has 0 bridgehead atoms. The molecule has 0 saturated carbocycles. The van der Waals surface area contributed by atoms with Gasteiger partial charge in [-0.05, 0) is 36.1 Å². The van der Waals surface area contributed by atoms with E-state index in [0.717, 1.165) is 28.1 Å². The molecule has 3 rings (SSSR count). The second-order valence-electron chi connectivity index (χ2n) is 7.06. The van der Waals surface area contributed by atoms with Crippen molar-refractivity contribution < 1.29 is 17.9 Å². The maximum absolute atomic E-state index is 13.0. The first kappa shape index (κ1) is 22.5. The average molecular weight is 449 g/mol. The number of halogens is 1. The lowest BCUT2D eigenvalue weighted by molar-refractivity contribution is -0.121. The summed E-state index contributed by atoms with van der Waals surface area (Å²) in [4.78, 5) is 12.5. The predicted molar refractivity (Wildman–Crippen MR) is 118 cm³/mol. The van der Waals surface area contributed by atoms with Crippen LogP contribution in [-0.2, 0) is 26.1 Å². The summed E-state index contributed by atoms with van der Waals surface area (Å²) in [6.07, 6.45) is 3.36. The first-order valence-corrected chi connectivity index (χ1v) is 11.7. The van der Waals surface area contributed by atoms with E-state index >= 15 is 0 Å². The van der Waals surface area contributed by atoms with Gasteiger partial charge in [-0.25, -0.2) is 8.42 Å². The molecule has 1 unspecified atom stereocenters. The summed E-state index contributed by atoms with van der Waals surface area (Å²) in [6.45, 7) is 0.754. The first-order chi connectivity index (χ1) is 14.4. The van der Waals surface area contributed by atoms with Crippen molar-refractivity contribution in [2.75, 3.05) is 19.7 Å². The van der Waals surface area contributed by atoms with Crippen LogP contribution in [0.3, 0.4) is 0 Å². The predicted octanol–water partition coefficient (Wildman–Crippen LogP) is 3.44. The molecule has 1 amide bonds. The summed E-state index contributed by atoms with van der Waals surface area (Å²) < 4.78 is 32.6. The fourth-order valence-corrected chi connectivity index (χ4v) is 4.43. The zero-order chi connectivity index (χ0) is 21.4. The summed E-state index contributed by atoms with van der Waals surface area (Å²) in [5, 5.41) is 4.34. The molecule has 1 saturated heterocycles. The van der Waals surface area contributed by atoms with Crippen molar-refractivity contribution in [3.63, 3.8) is 0 Å². The van der Waals surface area contributed by atoms with Gasteiger partial charge in [0.15, 0.2) is 0 Å². The summed E-state index contributed by atoms with van der Waals surface area (Å²) in [7, 11) is -3.87.